The van der Waals surface area contributed by atoms with Gasteiger partial charge in [0.15, 0.2) is 5.82 Å². The van der Waals surface area contributed by atoms with Gasteiger partial charge >= 0.3 is 18.4 Å². The highest BCUT2D eigenvalue weighted by atomic mass is 79.9. The molecule has 0 fully saturated rings. The lowest BCUT2D eigenvalue weighted by Gasteiger charge is -2.18. The van der Waals surface area contributed by atoms with E-state index in [0.717, 1.165) is 24.3 Å². The molecule has 0 saturated heterocycles. The van der Waals surface area contributed by atoms with E-state index in [1.807, 2.05) is 5.43 Å². The third-order valence-electron chi connectivity index (χ3n) is 4.18. The van der Waals surface area contributed by atoms with Crippen LogP contribution in [0.1, 0.15) is 27.4 Å². The molecule has 0 saturated carbocycles. The van der Waals surface area contributed by atoms with Crippen molar-refractivity contribution < 1.29 is 40.3 Å². The maximum Gasteiger partial charge on any atom is 0.405 e. The van der Waals surface area contributed by atoms with Gasteiger partial charge in [-0.15, -0.1) is 0 Å². The second-order valence-corrected chi connectivity index (χ2v) is 8.46. The Morgan fingerprint density at radius 1 is 1.00 bits per heavy atom. The first kappa shape index (κ1) is 28.7. The minimum atomic E-state index is -4.77. The summed E-state index contributed by atoms with van der Waals surface area (Å²) in [5.74, 6) is -4.15. The van der Waals surface area contributed by atoms with E-state index in [2.05, 4.69) is 15.9 Å². The number of carbonyl (C=O) groups is 2. The van der Waals surface area contributed by atoms with Crippen LogP contribution in [0.25, 0.3) is 6.08 Å². The van der Waals surface area contributed by atoms with Crippen molar-refractivity contribution >= 4 is 57.1 Å². The third kappa shape index (κ3) is 8.58. The van der Waals surface area contributed by atoms with Gasteiger partial charge in [0.05, 0.1) is 21.5 Å². The minimum absolute atomic E-state index is 0.0808. The quantitative estimate of drug-likeness (QED) is 0.199. The third-order valence-corrected chi connectivity index (χ3v) is 5.38. The fourth-order valence-electron chi connectivity index (χ4n) is 2.60. The summed E-state index contributed by atoms with van der Waals surface area (Å²) in [6.45, 7) is -1.62. The molecule has 0 radical (unpaired) electrons. The number of carbonyl (C=O) groups excluding carboxylic acids is 2. The van der Waals surface area contributed by atoms with Crippen LogP contribution < -0.4 is 16.2 Å². The van der Waals surface area contributed by atoms with E-state index in [1.54, 1.807) is 5.43 Å². The molecule has 2 rings (SSSR count). The number of hydrazine groups is 1. The van der Waals surface area contributed by atoms with Gasteiger partial charge < -0.3 is 5.32 Å². The number of hydrogen-bond acceptors (Lipinski definition) is 2. The molecule has 0 aliphatic heterocycles. The maximum atomic E-state index is 13.6. The number of amides is 3. The van der Waals surface area contributed by atoms with Gasteiger partial charge in [-0.2, -0.15) is 26.3 Å². The molecule has 0 aliphatic rings. The molecule has 15 heteroatoms. The van der Waals surface area contributed by atoms with Crippen LogP contribution in [-0.2, 0) is 0 Å². The summed E-state index contributed by atoms with van der Waals surface area (Å²) in [5.41, 5.74) is 3.35. The number of alkyl halides is 6. The maximum absolute atomic E-state index is 13.6. The summed E-state index contributed by atoms with van der Waals surface area (Å²) in [6, 6.07) is 4.07. The monoisotopic (exact) mass is 609 g/mol. The number of rotatable bonds is 5. The summed E-state index contributed by atoms with van der Waals surface area (Å²) in [7, 11) is 0. The Morgan fingerprint density at radius 3 is 2.11 bits per heavy atom. The lowest BCUT2D eigenvalue weighted by atomic mass is 9.97. The molecule has 0 bridgehead atoms. The molecule has 35 heavy (non-hydrogen) atoms. The number of benzene rings is 2. The van der Waals surface area contributed by atoms with Gasteiger partial charge in [-0.1, -0.05) is 41.4 Å². The molecule has 3 N–H and O–H groups in total. The van der Waals surface area contributed by atoms with Crippen LogP contribution in [0.3, 0.4) is 0 Å². The van der Waals surface area contributed by atoms with Crippen molar-refractivity contribution in [3.8, 4) is 0 Å². The molecule has 2 aromatic carbocycles. The van der Waals surface area contributed by atoms with E-state index in [1.165, 1.54) is 23.5 Å². The minimum Gasteiger partial charge on any atom is -0.328 e. The Hall–Kier alpha value is -2.51. The van der Waals surface area contributed by atoms with Crippen molar-refractivity contribution in [2.75, 3.05) is 6.54 Å². The van der Waals surface area contributed by atoms with Crippen molar-refractivity contribution in [1.82, 2.24) is 16.2 Å². The molecule has 0 spiro atoms. The molecule has 1 atom stereocenters. The van der Waals surface area contributed by atoms with Crippen molar-refractivity contribution in [3.05, 3.63) is 73.4 Å². The number of allylic oxidation sites excluding steroid dienone is 1. The van der Waals surface area contributed by atoms with Crippen LogP contribution in [-0.4, -0.2) is 30.8 Å². The van der Waals surface area contributed by atoms with Crippen molar-refractivity contribution in [2.24, 2.45) is 0 Å². The highest BCUT2D eigenvalue weighted by Gasteiger charge is 2.39. The molecular weight excluding hydrogens is 598 g/mol. The van der Waals surface area contributed by atoms with E-state index in [4.69, 9.17) is 23.2 Å². The zero-order valence-corrected chi connectivity index (χ0v) is 20.0. The van der Waals surface area contributed by atoms with Crippen molar-refractivity contribution in [2.45, 2.75) is 18.3 Å². The second kappa shape index (κ2) is 11.5. The molecular formula is C20H13BrCl2F7N3O2. The summed E-state index contributed by atoms with van der Waals surface area (Å²) >= 11 is 14.3. The number of nitrogens with one attached hydrogen (secondary N) is 3. The summed E-state index contributed by atoms with van der Waals surface area (Å²) in [6.07, 6.45) is -7.53. The molecule has 0 aliphatic carbocycles. The topological polar surface area (TPSA) is 70.2 Å². The van der Waals surface area contributed by atoms with Crippen LogP contribution in [0.2, 0.25) is 10.0 Å². The largest absolute Gasteiger partial charge is 0.405 e. The summed E-state index contributed by atoms with van der Waals surface area (Å²) in [4.78, 5) is 23.4. The molecule has 3 amide bonds. The Balaban J connectivity index is 2.15. The molecule has 2 aromatic rings. The zero-order valence-electron chi connectivity index (χ0n) is 16.9. The van der Waals surface area contributed by atoms with Crippen LogP contribution in [0.4, 0.5) is 35.5 Å². The first-order valence-corrected chi connectivity index (χ1v) is 10.7. The molecule has 0 aromatic heterocycles. The molecule has 5 nitrogen and oxygen atoms in total. The van der Waals surface area contributed by atoms with Gasteiger partial charge in [-0.05, 0) is 51.3 Å². The number of hydrogen-bond donors (Lipinski definition) is 3. The van der Waals surface area contributed by atoms with Gasteiger partial charge in [-0.25, -0.2) is 14.6 Å². The lowest BCUT2D eigenvalue weighted by Crippen LogP contribution is -2.49. The Morgan fingerprint density at radius 2 is 1.60 bits per heavy atom. The molecule has 190 valence electrons. The van der Waals surface area contributed by atoms with Crippen LogP contribution in [0.5, 0.6) is 0 Å². The Labute approximate surface area is 211 Å². The van der Waals surface area contributed by atoms with Gasteiger partial charge in [0.25, 0.3) is 5.91 Å². The Kier molecular flexibility index (Phi) is 9.42. The highest BCUT2D eigenvalue weighted by Crippen LogP contribution is 2.39. The van der Waals surface area contributed by atoms with Crippen LogP contribution in [0, 0.1) is 5.82 Å². The van der Waals surface area contributed by atoms with Crippen molar-refractivity contribution in [3.63, 3.8) is 0 Å². The zero-order chi connectivity index (χ0) is 26.6. The van der Waals surface area contributed by atoms with Gasteiger partial charge in [-0.3, -0.25) is 10.2 Å². The van der Waals surface area contributed by atoms with Gasteiger partial charge in [0, 0.05) is 4.47 Å². The van der Waals surface area contributed by atoms with E-state index >= 15 is 0 Å². The van der Waals surface area contributed by atoms with Gasteiger partial charge in [0.1, 0.15) is 6.54 Å². The van der Waals surface area contributed by atoms with E-state index in [-0.39, 0.29) is 15.6 Å². The first-order valence-electron chi connectivity index (χ1n) is 9.18. The standard InChI is InChI=1S/C20H13BrCl2F7N3O2/c21-13-5-9(1-3-11(13)17(34)32-33-18(35)31-8-19(25,26)27)2-4-12(20(28,29)30)10-6-14(22)16(24)15(23)7-10/h1-7,12H,8H2,(H,32,34)(H2,31,33,35). The fourth-order valence-corrected chi connectivity index (χ4v) is 3.68. The number of urea groups is 1. The first-order chi connectivity index (χ1) is 16.1. The fraction of sp³-hybridized carbons (Fsp3) is 0.200. The number of halogens is 10. The second-order valence-electron chi connectivity index (χ2n) is 6.79. The average Bonchev–Trinajstić information content (AvgIpc) is 2.73. The molecule has 1 unspecified atom stereocenters. The SMILES string of the molecule is O=C(NCC(F)(F)F)NNC(=O)c1ccc(C=CC(c2cc(Cl)c(F)c(Cl)c2)C(F)(F)F)cc1Br. The van der Waals surface area contributed by atoms with Crippen LogP contribution >= 0.6 is 39.1 Å². The Bertz CT molecular complexity index is 1120. The van der Waals surface area contributed by atoms with E-state index < -0.39 is 58.2 Å². The predicted molar refractivity (Wildman–Crippen MR) is 118 cm³/mol. The normalized spacial score (nSPS) is 13.0. The van der Waals surface area contributed by atoms with Gasteiger partial charge in [0.2, 0.25) is 0 Å². The average molecular weight is 611 g/mol. The lowest BCUT2D eigenvalue weighted by molar-refractivity contribution is -0.139. The van der Waals surface area contributed by atoms with E-state index in [9.17, 15) is 40.3 Å². The smallest absolute Gasteiger partial charge is 0.328 e. The summed E-state index contributed by atoms with van der Waals surface area (Å²) < 4.78 is 90.7. The van der Waals surface area contributed by atoms with E-state index in [0.29, 0.717) is 0 Å². The predicted octanol–water partition coefficient (Wildman–Crippen LogP) is 6.76. The van der Waals surface area contributed by atoms with Crippen LogP contribution in [0.15, 0.2) is 40.9 Å². The highest BCUT2D eigenvalue weighted by molar-refractivity contribution is 9.10. The molecule has 0 heterocycles. The van der Waals surface area contributed by atoms with Crippen molar-refractivity contribution in [1.29, 1.82) is 0 Å². The summed E-state index contributed by atoms with van der Waals surface area (Å²) in [5, 5.41) is 0.326.